The second kappa shape index (κ2) is 5.64. The molecule has 0 N–H and O–H groups in total. The molecule has 1 aromatic carbocycles. The Balaban J connectivity index is 1.97. The van der Waals surface area contributed by atoms with Crippen molar-refractivity contribution in [1.82, 2.24) is 0 Å². The predicted molar refractivity (Wildman–Crippen MR) is 65.7 cm³/mol. The van der Waals surface area contributed by atoms with Gasteiger partial charge in [-0.25, -0.2) is 0 Å². The van der Waals surface area contributed by atoms with E-state index in [0.29, 0.717) is 0 Å². The standard InChI is InChI=1S/C14H16O3/c1-16-10-17-13-4-2-3-11(9-13)5-8-14(15)12-6-7-12/h2-5,8-9,12H,6-7,10H2,1H3/b8-5+. The molecule has 1 fully saturated rings. The minimum atomic E-state index is 0.230. The molecular formula is C14H16O3. The highest BCUT2D eigenvalue weighted by Gasteiger charge is 2.27. The molecule has 0 amide bonds. The topological polar surface area (TPSA) is 35.5 Å². The van der Waals surface area contributed by atoms with Gasteiger partial charge in [0.1, 0.15) is 5.75 Å². The fourth-order valence-corrected chi connectivity index (χ4v) is 1.52. The average Bonchev–Trinajstić information content (AvgIpc) is 3.18. The zero-order valence-electron chi connectivity index (χ0n) is 9.89. The van der Waals surface area contributed by atoms with Crippen LogP contribution in [-0.2, 0) is 9.53 Å². The fraction of sp³-hybridized carbons (Fsp3) is 0.357. The number of carbonyl (C=O) groups is 1. The number of hydrogen-bond donors (Lipinski definition) is 0. The molecule has 0 atom stereocenters. The third-order valence-electron chi connectivity index (χ3n) is 2.62. The SMILES string of the molecule is COCOc1cccc(/C=C/C(=O)C2CC2)c1. The maximum absolute atomic E-state index is 11.5. The van der Waals surface area contributed by atoms with Gasteiger partial charge in [-0.15, -0.1) is 0 Å². The van der Waals surface area contributed by atoms with Gasteiger partial charge in [-0.1, -0.05) is 18.2 Å². The van der Waals surface area contributed by atoms with E-state index in [2.05, 4.69) is 0 Å². The van der Waals surface area contributed by atoms with Crippen molar-refractivity contribution >= 4 is 11.9 Å². The Morgan fingerprint density at radius 3 is 3.00 bits per heavy atom. The number of benzene rings is 1. The third-order valence-corrected chi connectivity index (χ3v) is 2.62. The molecule has 0 heterocycles. The largest absolute Gasteiger partial charge is 0.468 e. The second-order valence-electron chi connectivity index (χ2n) is 4.13. The summed E-state index contributed by atoms with van der Waals surface area (Å²) in [6.45, 7) is 0.230. The lowest BCUT2D eigenvalue weighted by Gasteiger charge is -2.04. The molecule has 1 aromatic rings. The van der Waals surface area contributed by atoms with Crippen molar-refractivity contribution in [3.05, 3.63) is 35.9 Å². The molecule has 0 bridgehead atoms. The Kier molecular flexibility index (Phi) is 3.94. The molecule has 2 rings (SSSR count). The summed E-state index contributed by atoms with van der Waals surface area (Å²) in [6.07, 6.45) is 5.58. The molecule has 1 aliphatic carbocycles. The molecule has 90 valence electrons. The van der Waals surface area contributed by atoms with Gasteiger partial charge in [-0.2, -0.15) is 0 Å². The van der Waals surface area contributed by atoms with Crippen LogP contribution >= 0.6 is 0 Å². The van der Waals surface area contributed by atoms with Crippen molar-refractivity contribution in [2.45, 2.75) is 12.8 Å². The summed E-state index contributed by atoms with van der Waals surface area (Å²) >= 11 is 0. The predicted octanol–water partition coefficient (Wildman–Crippen LogP) is 2.66. The molecule has 0 aliphatic heterocycles. The highest BCUT2D eigenvalue weighted by Crippen LogP contribution is 2.30. The van der Waals surface area contributed by atoms with Gasteiger partial charge < -0.3 is 9.47 Å². The van der Waals surface area contributed by atoms with Crippen LogP contribution in [0.25, 0.3) is 6.08 Å². The molecule has 1 saturated carbocycles. The summed E-state index contributed by atoms with van der Waals surface area (Å²) in [4.78, 5) is 11.5. The first kappa shape index (κ1) is 11.9. The summed E-state index contributed by atoms with van der Waals surface area (Å²) in [5.74, 6) is 1.25. The molecule has 1 aliphatic rings. The quantitative estimate of drug-likeness (QED) is 0.558. The van der Waals surface area contributed by atoms with E-state index < -0.39 is 0 Å². The molecule has 0 unspecified atom stereocenters. The van der Waals surface area contributed by atoms with Gasteiger partial charge >= 0.3 is 0 Å². The summed E-state index contributed by atoms with van der Waals surface area (Å²) in [7, 11) is 1.58. The van der Waals surface area contributed by atoms with Crippen molar-refractivity contribution in [2.75, 3.05) is 13.9 Å². The van der Waals surface area contributed by atoms with E-state index >= 15 is 0 Å². The molecular weight excluding hydrogens is 216 g/mol. The normalized spacial score (nSPS) is 15.1. The van der Waals surface area contributed by atoms with Gasteiger partial charge in [0.05, 0.1) is 0 Å². The Labute approximate surface area is 101 Å². The molecule has 3 heteroatoms. The Morgan fingerprint density at radius 2 is 2.29 bits per heavy atom. The van der Waals surface area contributed by atoms with E-state index in [9.17, 15) is 4.79 Å². The lowest BCUT2D eigenvalue weighted by molar-refractivity contribution is -0.115. The average molecular weight is 232 g/mol. The van der Waals surface area contributed by atoms with Gasteiger partial charge in [0.25, 0.3) is 0 Å². The fourth-order valence-electron chi connectivity index (χ4n) is 1.52. The summed E-state index contributed by atoms with van der Waals surface area (Å²) in [5.41, 5.74) is 0.965. The van der Waals surface area contributed by atoms with Crippen LogP contribution in [-0.4, -0.2) is 19.7 Å². The minimum Gasteiger partial charge on any atom is -0.468 e. The van der Waals surface area contributed by atoms with Gasteiger partial charge in [-0.3, -0.25) is 4.79 Å². The Morgan fingerprint density at radius 1 is 1.47 bits per heavy atom. The molecule has 17 heavy (non-hydrogen) atoms. The molecule has 0 aromatic heterocycles. The summed E-state index contributed by atoms with van der Waals surface area (Å²) in [5, 5.41) is 0. The van der Waals surface area contributed by atoms with Gasteiger partial charge in [-0.05, 0) is 36.6 Å². The van der Waals surface area contributed by atoms with Crippen LogP contribution in [0.1, 0.15) is 18.4 Å². The van der Waals surface area contributed by atoms with Crippen LogP contribution in [0.3, 0.4) is 0 Å². The van der Waals surface area contributed by atoms with Crippen LogP contribution in [0.5, 0.6) is 5.75 Å². The lowest BCUT2D eigenvalue weighted by atomic mass is 10.1. The van der Waals surface area contributed by atoms with Crippen LogP contribution < -0.4 is 4.74 Å². The van der Waals surface area contributed by atoms with Crippen molar-refractivity contribution in [3.8, 4) is 5.75 Å². The van der Waals surface area contributed by atoms with E-state index in [1.165, 1.54) is 0 Å². The Bertz CT molecular complexity index is 419. The van der Waals surface area contributed by atoms with Crippen molar-refractivity contribution in [2.24, 2.45) is 5.92 Å². The zero-order chi connectivity index (χ0) is 12.1. The molecule has 3 nitrogen and oxygen atoms in total. The number of ketones is 1. The van der Waals surface area contributed by atoms with E-state index in [1.807, 2.05) is 30.3 Å². The first-order valence-electron chi connectivity index (χ1n) is 5.73. The first-order valence-corrected chi connectivity index (χ1v) is 5.73. The van der Waals surface area contributed by atoms with E-state index in [1.54, 1.807) is 13.2 Å². The smallest absolute Gasteiger partial charge is 0.188 e. The Hall–Kier alpha value is -1.61. The van der Waals surface area contributed by atoms with Crippen LogP contribution in [0.4, 0.5) is 0 Å². The number of carbonyl (C=O) groups excluding carboxylic acids is 1. The minimum absolute atomic E-state index is 0.230. The van der Waals surface area contributed by atoms with Gasteiger partial charge in [0, 0.05) is 13.0 Å². The van der Waals surface area contributed by atoms with Gasteiger partial charge in [0.2, 0.25) is 0 Å². The third kappa shape index (κ3) is 3.71. The zero-order valence-corrected chi connectivity index (χ0v) is 9.89. The van der Waals surface area contributed by atoms with Crippen molar-refractivity contribution in [3.63, 3.8) is 0 Å². The van der Waals surface area contributed by atoms with Crippen LogP contribution in [0.15, 0.2) is 30.3 Å². The monoisotopic (exact) mass is 232 g/mol. The maximum atomic E-state index is 11.5. The number of hydrogen-bond acceptors (Lipinski definition) is 3. The van der Waals surface area contributed by atoms with Crippen LogP contribution in [0, 0.1) is 5.92 Å². The molecule has 0 spiro atoms. The first-order chi connectivity index (χ1) is 8.29. The van der Waals surface area contributed by atoms with E-state index in [4.69, 9.17) is 9.47 Å². The van der Waals surface area contributed by atoms with Crippen molar-refractivity contribution < 1.29 is 14.3 Å². The number of allylic oxidation sites excluding steroid dienone is 1. The van der Waals surface area contributed by atoms with Crippen LogP contribution in [0.2, 0.25) is 0 Å². The number of ether oxygens (including phenoxy) is 2. The highest BCUT2D eigenvalue weighted by atomic mass is 16.7. The van der Waals surface area contributed by atoms with E-state index in [0.717, 1.165) is 24.2 Å². The summed E-state index contributed by atoms with van der Waals surface area (Å²) in [6, 6.07) is 7.58. The van der Waals surface area contributed by atoms with Gasteiger partial charge in [0.15, 0.2) is 12.6 Å². The highest BCUT2D eigenvalue weighted by molar-refractivity contribution is 5.96. The molecule has 0 saturated heterocycles. The van der Waals surface area contributed by atoms with Crippen molar-refractivity contribution in [1.29, 1.82) is 0 Å². The lowest BCUT2D eigenvalue weighted by Crippen LogP contribution is -1.98. The maximum Gasteiger partial charge on any atom is 0.188 e. The summed E-state index contributed by atoms with van der Waals surface area (Å²) < 4.78 is 10.2. The number of rotatable bonds is 6. The second-order valence-corrected chi connectivity index (χ2v) is 4.13. The number of methoxy groups -OCH3 is 1. The van der Waals surface area contributed by atoms with E-state index in [-0.39, 0.29) is 18.5 Å². The molecule has 0 radical (unpaired) electrons.